The summed E-state index contributed by atoms with van der Waals surface area (Å²) >= 11 is 0. The highest BCUT2D eigenvalue weighted by molar-refractivity contribution is 5.99. The van der Waals surface area contributed by atoms with Crippen molar-refractivity contribution in [3.8, 4) is 5.75 Å². The molecule has 0 aromatic heterocycles. The Kier molecular flexibility index (Phi) is 4.67. The third-order valence-electron chi connectivity index (χ3n) is 3.77. The lowest BCUT2D eigenvalue weighted by Gasteiger charge is -2.31. The molecule has 1 heterocycles. The van der Waals surface area contributed by atoms with E-state index in [1.54, 1.807) is 4.90 Å². The molecule has 114 valence electrons. The van der Waals surface area contributed by atoms with E-state index < -0.39 is 0 Å². The fourth-order valence-electron chi connectivity index (χ4n) is 2.56. The number of nitrogens with one attached hydrogen (secondary N) is 1. The summed E-state index contributed by atoms with van der Waals surface area (Å²) in [4.78, 5) is 25.9. The zero-order valence-electron chi connectivity index (χ0n) is 12.1. The number of phenolic OH excluding ortho intramolecular Hbond substituents is 1. The van der Waals surface area contributed by atoms with Gasteiger partial charge in [0.1, 0.15) is 5.75 Å². The molecule has 0 atom stereocenters. The molecule has 1 fully saturated rings. The van der Waals surface area contributed by atoms with Crippen molar-refractivity contribution in [1.29, 1.82) is 0 Å². The number of nitrogens with two attached hydrogens (primary N) is 1. The molecule has 0 aliphatic carbocycles. The van der Waals surface area contributed by atoms with Gasteiger partial charge in [0.15, 0.2) is 0 Å². The van der Waals surface area contributed by atoms with Crippen LogP contribution in [0.4, 0.5) is 5.69 Å². The third-order valence-corrected chi connectivity index (χ3v) is 3.77. The molecule has 2 rings (SSSR count). The first-order chi connectivity index (χ1) is 10.0. The molecule has 1 aromatic rings. The molecule has 1 saturated heterocycles. The fourth-order valence-corrected chi connectivity index (χ4v) is 2.56. The van der Waals surface area contributed by atoms with E-state index in [1.165, 1.54) is 18.2 Å². The van der Waals surface area contributed by atoms with Crippen LogP contribution in [0.25, 0.3) is 0 Å². The summed E-state index contributed by atoms with van der Waals surface area (Å²) in [6.07, 6.45) is 1.30. The maximum atomic E-state index is 12.4. The lowest BCUT2D eigenvalue weighted by atomic mass is 9.95. The van der Waals surface area contributed by atoms with E-state index in [4.69, 9.17) is 5.73 Å². The molecule has 1 aromatic carbocycles. The number of nitrogens with zero attached hydrogens (tertiary/aromatic N) is 1. The number of aromatic hydroxyl groups is 1. The number of phenols is 1. The molecule has 0 unspecified atom stereocenters. The highest BCUT2D eigenvalue weighted by Gasteiger charge is 2.28. The Morgan fingerprint density at radius 1 is 1.38 bits per heavy atom. The lowest BCUT2D eigenvalue weighted by molar-refractivity contribution is -0.126. The van der Waals surface area contributed by atoms with Crippen LogP contribution in [0.2, 0.25) is 0 Å². The molecule has 21 heavy (non-hydrogen) atoms. The predicted molar refractivity (Wildman–Crippen MR) is 79.8 cm³/mol. The zero-order chi connectivity index (χ0) is 15.4. The van der Waals surface area contributed by atoms with Crippen LogP contribution in [0.5, 0.6) is 5.75 Å². The summed E-state index contributed by atoms with van der Waals surface area (Å²) in [5.74, 6) is -0.153. The Labute approximate surface area is 123 Å². The van der Waals surface area contributed by atoms with Gasteiger partial charge >= 0.3 is 0 Å². The molecule has 1 aliphatic rings. The summed E-state index contributed by atoms with van der Waals surface area (Å²) in [5.41, 5.74) is 6.45. The van der Waals surface area contributed by atoms with Crippen molar-refractivity contribution in [3.63, 3.8) is 0 Å². The standard InChI is InChI=1S/C15H21N3O3/c1-2-17-14(20)10-5-7-18(8-6-10)15(21)12-9-11(19)3-4-13(12)16/h3-4,9-10,19H,2,5-8,16H2,1H3,(H,17,20). The molecule has 6 nitrogen and oxygen atoms in total. The Morgan fingerprint density at radius 2 is 2.05 bits per heavy atom. The van der Waals surface area contributed by atoms with Gasteiger partial charge in [-0.1, -0.05) is 0 Å². The minimum Gasteiger partial charge on any atom is -0.508 e. The second-order valence-corrected chi connectivity index (χ2v) is 5.23. The van der Waals surface area contributed by atoms with Gasteiger partial charge in [0.2, 0.25) is 5.91 Å². The fraction of sp³-hybridized carbons (Fsp3) is 0.467. The van der Waals surface area contributed by atoms with Crippen LogP contribution in [0.15, 0.2) is 18.2 Å². The average molecular weight is 291 g/mol. The van der Waals surface area contributed by atoms with E-state index in [0.29, 0.717) is 43.7 Å². The molecule has 0 bridgehead atoms. The van der Waals surface area contributed by atoms with Crippen LogP contribution >= 0.6 is 0 Å². The SMILES string of the molecule is CCNC(=O)C1CCN(C(=O)c2cc(O)ccc2N)CC1. The number of carbonyl (C=O) groups is 2. The highest BCUT2D eigenvalue weighted by Crippen LogP contribution is 2.23. The van der Waals surface area contributed by atoms with Crippen molar-refractivity contribution in [2.75, 3.05) is 25.4 Å². The highest BCUT2D eigenvalue weighted by atomic mass is 16.3. The van der Waals surface area contributed by atoms with Crippen molar-refractivity contribution < 1.29 is 14.7 Å². The largest absolute Gasteiger partial charge is 0.508 e. The first-order valence-corrected chi connectivity index (χ1v) is 7.18. The van der Waals surface area contributed by atoms with Crippen LogP contribution in [0.3, 0.4) is 0 Å². The monoisotopic (exact) mass is 291 g/mol. The summed E-state index contributed by atoms with van der Waals surface area (Å²) in [7, 11) is 0. The maximum absolute atomic E-state index is 12.4. The topological polar surface area (TPSA) is 95.7 Å². The van der Waals surface area contributed by atoms with Gasteiger partial charge in [-0.25, -0.2) is 0 Å². The van der Waals surface area contributed by atoms with Crippen LogP contribution in [-0.2, 0) is 4.79 Å². The van der Waals surface area contributed by atoms with Gasteiger partial charge in [-0.05, 0) is 38.0 Å². The Bertz CT molecular complexity index is 537. The van der Waals surface area contributed by atoms with E-state index in [0.717, 1.165) is 0 Å². The van der Waals surface area contributed by atoms with E-state index in [-0.39, 0.29) is 23.5 Å². The van der Waals surface area contributed by atoms with Gasteiger partial charge in [0, 0.05) is 31.2 Å². The molecular formula is C15H21N3O3. The van der Waals surface area contributed by atoms with Gasteiger partial charge in [0.05, 0.1) is 5.56 Å². The number of anilines is 1. The van der Waals surface area contributed by atoms with Crippen molar-refractivity contribution in [2.24, 2.45) is 5.92 Å². The molecule has 4 N–H and O–H groups in total. The minimum atomic E-state index is -0.197. The van der Waals surface area contributed by atoms with Gasteiger partial charge in [-0.2, -0.15) is 0 Å². The van der Waals surface area contributed by atoms with Crippen molar-refractivity contribution >= 4 is 17.5 Å². The van der Waals surface area contributed by atoms with Crippen LogP contribution < -0.4 is 11.1 Å². The summed E-state index contributed by atoms with van der Waals surface area (Å²) in [6.45, 7) is 3.56. The number of nitrogen functional groups attached to an aromatic ring is 1. The van der Waals surface area contributed by atoms with Crippen molar-refractivity contribution in [2.45, 2.75) is 19.8 Å². The number of hydrogen-bond acceptors (Lipinski definition) is 4. The van der Waals surface area contributed by atoms with E-state index >= 15 is 0 Å². The summed E-state index contributed by atoms with van der Waals surface area (Å²) in [6, 6.07) is 4.35. The van der Waals surface area contributed by atoms with Crippen molar-refractivity contribution in [3.05, 3.63) is 23.8 Å². The molecule has 0 saturated carbocycles. The van der Waals surface area contributed by atoms with E-state index in [9.17, 15) is 14.7 Å². The smallest absolute Gasteiger partial charge is 0.256 e. The lowest BCUT2D eigenvalue weighted by Crippen LogP contribution is -2.43. The zero-order valence-corrected chi connectivity index (χ0v) is 12.1. The number of rotatable bonds is 3. The van der Waals surface area contributed by atoms with E-state index in [2.05, 4.69) is 5.32 Å². The number of amides is 2. The molecule has 1 aliphatic heterocycles. The molecule has 6 heteroatoms. The molecule has 0 spiro atoms. The second-order valence-electron chi connectivity index (χ2n) is 5.23. The van der Waals surface area contributed by atoms with Crippen LogP contribution in [0.1, 0.15) is 30.1 Å². The summed E-state index contributed by atoms with van der Waals surface area (Å²) < 4.78 is 0. The van der Waals surface area contributed by atoms with Gasteiger partial charge in [-0.15, -0.1) is 0 Å². The first-order valence-electron chi connectivity index (χ1n) is 7.18. The number of piperidine rings is 1. The first kappa shape index (κ1) is 15.2. The Morgan fingerprint density at radius 3 is 2.67 bits per heavy atom. The third kappa shape index (κ3) is 3.45. The number of likely N-dealkylation sites (tertiary alicyclic amines) is 1. The maximum Gasteiger partial charge on any atom is 0.256 e. The predicted octanol–water partition coefficient (Wildman–Crippen LogP) is 0.963. The van der Waals surface area contributed by atoms with Crippen molar-refractivity contribution in [1.82, 2.24) is 10.2 Å². The van der Waals surface area contributed by atoms with Crippen LogP contribution in [-0.4, -0.2) is 41.5 Å². The molecular weight excluding hydrogens is 270 g/mol. The molecule has 2 amide bonds. The number of hydrogen-bond donors (Lipinski definition) is 3. The van der Waals surface area contributed by atoms with Crippen LogP contribution in [0, 0.1) is 5.92 Å². The number of benzene rings is 1. The van der Waals surface area contributed by atoms with Gasteiger partial charge in [-0.3, -0.25) is 9.59 Å². The average Bonchev–Trinajstić information content (AvgIpc) is 2.49. The normalized spacial score (nSPS) is 15.8. The number of carbonyl (C=O) groups excluding carboxylic acids is 2. The summed E-state index contributed by atoms with van der Waals surface area (Å²) in [5, 5.41) is 12.3. The second kappa shape index (κ2) is 6.47. The van der Waals surface area contributed by atoms with Gasteiger partial charge in [0.25, 0.3) is 5.91 Å². The van der Waals surface area contributed by atoms with Gasteiger partial charge < -0.3 is 21.1 Å². The Hall–Kier alpha value is -2.24. The minimum absolute atomic E-state index is 0.0183. The quantitative estimate of drug-likeness (QED) is 0.571. The van der Waals surface area contributed by atoms with E-state index in [1.807, 2.05) is 6.92 Å². The molecule has 0 radical (unpaired) electrons. The Balaban J connectivity index is 2.00.